The minimum atomic E-state index is 0.0663. The number of carbonyl (C=O) groups excluding carboxylic acids is 1. The third-order valence-electron chi connectivity index (χ3n) is 5.05. The Labute approximate surface area is 156 Å². The first-order chi connectivity index (χ1) is 12.3. The predicted molar refractivity (Wildman–Crippen MR) is 104 cm³/mol. The molecule has 0 radical (unpaired) electrons. The number of hydrazine groups is 1. The lowest BCUT2D eigenvalue weighted by Crippen LogP contribution is -2.44. The standard InChI is InChI=1S/C19H23N3OS2/c23-19(21-14-7-8-17-13(10-14)11-20-22-17)16-5-1-2-6-18(16)25-12-15-4-3-9-24-15/h1-6,9,13-14,17,20,22H,7-8,10-12H2,(H,21,23). The zero-order valence-corrected chi connectivity index (χ0v) is 15.7. The highest BCUT2D eigenvalue weighted by Gasteiger charge is 2.34. The summed E-state index contributed by atoms with van der Waals surface area (Å²) in [5.41, 5.74) is 7.38. The molecule has 3 unspecified atom stereocenters. The fraction of sp³-hybridized carbons (Fsp3) is 0.421. The van der Waals surface area contributed by atoms with Crippen molar-refractivity contribution in [3.63, 3.8) is 0 Å². The molecule has 2 aromatic rings. The van der Waals surface area contributed by atoms with Crippen LogP contribution in [0.3, 0.4) is 0 Å². The van der Waals surface area contributed by atoms with Crippen molar-refractivity contribution in [3.8, 4) is 0 Å². The lowest BCUT2D eigenvalue weighted by atomic mass is 9.83. The van der Waals surface area contributed by atoms with Crippen LogP contribution in [0, 0.1) is 5.92 Å². The van der Waals surface area contributed by atoms with Crippen molar-refractivity contribution >= 4 is 29.0 Å². The number of amides is 1. The highest BCUT2D eigenvalue weighted by atomic mass is 32.2. The summed E-state index contributed by atoms with van der Waals surface area (Å²) in [5, 5.41) is 5.37. The fourth-order valence-corrected chi connectivity index (χ4v) is 5.54. The number of thiophene rings is 1. The van der Waals surface area contributed by atoms with Crippen molar-refractivity contribution in [1.29, 1.82) is 0 Å². The predicted octanol–water partition coefficient (Wildman–Crippen LogP) is 3.42. The van der Waals surface area contributed by atoms with Gasteiger partial charge in [-0.1, -0.05) is 18.2 Å². The Morgan fingerprint density at radius 1 is 1.24 bits per heavy atom. The summed E-state index contributed by atoms with van der Waals surface area (Å²) in [6.45, 7) is 1.00. The van der Waals surface area contributed by atoms with Gasteiger partial charge in [0.2, 0.25) is 0 Å². The first kappa shape index (κ1) is 17.1. The summed E-state index contributed by atoms with van der Waals surface area (Å²) >= 11 is 3.50. The second-order valence-corrected chi connectivity index (χ2v) is 8.79. The maximum Gasteiger partial charge on any atom is 0.252 e. The average molecular weight is 374 g/mol. The molecule has 1 aliphatic carbocycles. The van der Waals surface area contributed by atoms with Crippen LogP contribution in [-0.2, 0) is 5.75 Å². The summed E-state index contributed by atoms with van der Waals surface area (Å²) < 4.78 is 0. The van der Waals surface area contributed by atoms with E-state index in [1.54, 1.807) is 23.1 Å². The largest absolute Gasteiger partial charge is 0.349 e. The summed E-state index contributed by atoms with van der Waals surface area (Å²) in [7, 11) is 0. The van der Waals surface area contributed by atoms with Crippen LogP contribution in [0.5, 0.6) is 0 Å². The molecule has 25 heavy (non-hydrogen) atoms. The molecule has 2 heterocycles. The van der Waals surface area contributed by atoms with E-state index >= 15 is 0 Å². The molecule has 6 heteroatoms. The number of benzene rings is 1. The molecule has 0 spiro atoms. The summed E-state index contributed by atoms with van der Waals surface area (Å²) in [4.78, 5) is 15.2. The lowest BCUT2D eigenvalue weighted by molar-refractivity contribution is 0.0915. The number of carbonyl (C=O) groups is 1. The van der Waals surface area contributed by atoms with E-state index in [0.717, 1.165) is 42.0 Å². The number of fused-ring (bicyclic) bond motifs is 1. The maximum atomic E-state index is 12.8. The van der Waals surface area contributed by atoms with Crippen LogP contribution in [0.25, 0.3) is 0 Å². The van der Waals surface area contributed by atoms with Crippen molar-refractivity contribution in [2.24, 2.45) is 5.92 Å². The van der Waals surface area contributed by atoms with E-state index in [-0.39, 0.29) is 11.9 Å². The van der Waals surface area contributed by atoms with Crippen molar-refractivity contribution < 1.29 is 4.79 Å². The molecule has 4 rings (SSSR count). The Bertz CT molecular complexity index is 719. The van der Waals surface area contributed by atoms with E-state index in [4.69, 9.17) is 0 Å². The normalized spacial score (nSPS) is 25.5. The van der Waals surface area contributed by atoms with Gasteiger partial charge in [-0.3, -0.25) is 15.6 Å². The molecule has 3 N–H and O–H groups in total. The SMILES string of the molecule is O=C(NC1CCC2NNCC2C1)c1ccccc1SCc1cccs1. The van der Waals surface area contributed by atoms with E-state index in [2.05, 4.69) is 39.7 Å². The average Bonchev–Trinajstić information content (AvgIpc) is 3.31. The van der Waals surface area contributed by atoms with Gasteiger partial charge in [0.1, 0.15) is 0 Å². The first-order valence-corrected chi connectivity index (χ1v) is 10.7. The number of thioether (sulfide) groups is 1. The van der Waals surface area contributed by atoms with Gasteiger partial charge in [-0.05, 0) is 48.8 Å². The topological polar surface area (TPSA) is 53.2 Å². The molecule has 2 fully saturated rings. The third kappa shape index (κ3) is 4.08. The Morgan fingerprint density at radius 2 is 2.16 bits per heavy atom. The molecule has 2 aliphatic rings. The quantitative estimate of drug-likeness (QED) is 0.703. The van der Waals surface area contributed by atoms with E-state index < -0.39 is 0 Å². The zero-order chi connectivity index (χ0) is 17.1. The molecule has 3 atom stereocenters. The number of nitrogens with one attached hydrogen (secondary N) is 3. The van der Waals surface area contributed by atoms with Crippen molar-refractivity contribution in [2.75, 3.05) is 6.54 Å². The molecule has 132 valence electrons. The molecule has 0 bridgehead atoms. The maximum absolute atomic E-state index is 12.8. The second-order valence-electron chi connectivity index (χ2n) is 6.74. The number of rotatable bonds is 5. The Balaban J connectivity index is 1.39. The Morgan fingerprint density at radius 3 is 3.04 bits per heavy atom. The van der Waals surface area contributed by atoms with Gasteiger partial charge in [-0.2, -0.15) is 0 Å². The minimum Gasteiger partial charge on any atom is -0.349 e. The highest BCUT2D eigenvalue weighted by molar-refractivity contribution is 7.98. The molecule has 4 nitrogen and oxygen atoms in total. The number of hydrogen-bond acceptors (Lipinski definition) is 5. The molecule has 1 aromatic heterocycles. The van der Waals surface area contributed by atoms with E-state index in [1.165, 1.54) is 4.88 Å². The van der Waals surface area contributed by atoms with Crippen LogP contribution in [0.4, 0.5) is 0 Å². The van der Waals surface area contributed by atoms with Crippen LogP contribution >= 0.6 is 23.1 Å². The van der Waals surface area contributed by atoms with E-state index in [0.29, 0.717) is 12.0 Å². The van der Waals surface area contributed by atoms with Crippen LogP contribution in [0.2, 0.25) is 0 Å². The van der Waals surface area contributed by atoms with Crippen LogP contribution in [0.15, 0.2) is 46.7 Å². The lowest BCUT2D eigenvalue weighted by Gasteiger charge is -2.31. The first-order valence-electron chi connectivity index (χ1n) is 8.83. The van der Waals surface area contributed by atoms with Gasteiger partial charge in [0.05, 0.1) is 5.56 Å². The molecule has 1 saturated heterocycles. The monoisotopic (exact) mass is 373 g/mol. The molecule has 1 aromatic carbocycles. The zero-order valence-electron chi connectivity index (χ0n) is 14.0. The fourth-order valence-electron chi connectivity index (χ4n) is 3.72. The van der Waals surface area contributed by atoms with Crippen LogP contribution in [-0.4, -0.2) is 24.5 Å². The van der Waals surface area contributed by atoms with Gasteiger partial charge < -0.3 is 5.32 Å². The van der Waals surface area contributed by atoms with Crippen LogP contribution in [0.1, 0.15) is 34.5 Å². The number of hydrogen-bond donors (Lipinski definition) is 3. The van der Waals surface area contributed by atoms with Crippen molar-refractivity contribution in [1.82, 2.24) is 16.2 Å². The smallest absolute Gasteiger partial charge is 0.252 e. The molecule has 1 saturated carbocycles. The van der Waals surface area contributed by atoms with Crippen molar-refractivity contribution in [3.05, 3.63) is 52.2 Å². The van der Waals surface area contributed by atoms with Gasteiger partial charge in [0.25, 0.3) is 5.91 Å². The Hall–Kier alpha value is -1.34. The summed E-state index contributed by atoms with van der Waals surface area (Å²) in [6.07, 6.45) is 3.23. The van der Waals surface area contributed by atoms with E-state index in [1.807, 2.05) is 18.2 Å². The van der Waals surface area contributed by atoms with E-state index in [9.17, 15) is 4.79 Å². The van der Waals surface area contributed by atoms with Gasteiger partial charge in [-0.25, -0.2) is 0 Å². The van der Waals surface area contributed by atoms with Gasteiger partial charge in [-0.15, -0.1) is 23.1 Å². The van der Waals surface area contributed by atoms with Gasteiger partial charge in [0, 0.05) is 34.2 Å². The molecular formula is C19H23N3OS2. The summed E-state index contributed by atoms with van der Waals surface area (Å²) in [6, 6.07) is 13.0. The summed E-state index contributed by atoms with van der Waals surface area (Å²) in [5.74, 6) is 1.60. The van der Waals surface area contributed by atoms with Gasteiger partial charge >= 0.3 is 0 Å². The van der Waals surface area contributed by atoms with Gasteiger partial charge in [0.15, 0.2) is 0 Å². The Kier molecular flexibility index (Phi) is 5.41. The van der Waals surface area contributed by atoms with Crippen LogP contribution < -0.4 is 16.2 Å². The molecular weight excluding hydrogens is 350 g/mol. The third-order valence-corrected chi connectivity index (χ3v) is 7.23. The second kappa shape index (κ2) is 7.91. The minimum absolute atomic E-state index is 0.0663. The molecule has 1 aliphatic heterocycles. The van der Waals surface area contributed by atoms with Crippen molar-refractivity contribution in [2.45, 2.75) is 42.0 Å². The highest BCUT2D eigenvalue weighted by Crippen LogP contribution is 2.29. The molecule has 1 amide bonds.